The summed E-state index contributed by atoms with van der Waals surface area (Å²) in [5, 5.41) is 12.1. The van der Waals surface area contributed by atoms with Gasteiger partial charge in [-0.05, 0) is 63.6 Å². The van der Waals surface area contributed by atoms with Crippen LogP contribution in [0.4, 0.5) is 5.69 Å². The number of nitriles is 1. The van der Waals surface area contributed by atoms with Crippen LogP contribution in [0.3, 0.4) is 0 Å². The van der Waals surface area contributed by atoms with Gasteiger partial charge in [-0.2, -0.15) is 5.26 Å². The van der Waals surface area contributed by atoms with Crippen molar-refractivity contribution < 1.29 is 9.53 Å². The molecule has 0 radical (unpaired) electrons. The highest BCUT2D eigenvalue weighted by atomic mass is 127. The second-order valence-corrected chi connectivity index (χ2v) is 7.29. The number of carbonyl (C=O) groups excluding carboxylic acids is 1. The molecular weight excluding hydrogens is 501 g/mol. The van der Waals surface area contributed by atoms with Crippen LogP contribution in [0.2, 0.25) is 0 Å². The second kappa shape index (κ2) is 8.60. The maximum absolute atomic E-state index is 12.6. The van der Waals surface area contributed by atoms with Gasteiger partial charge in [-0.25, -0.2) is 0 Å². The molecule has 1 heterocycles. The summed E-state index contributed by atoms with van der Waals surface area (Å²) in [5.41, 5.74) is 1.17. The number of nitrogens with zero attached hydrogens (tertiary/aromatic N) is 2. The van der Waals surface area contributed by atoms with Gasteiger partial charge in [0.1, 0.15) is 18.2 Å². The Morgan fingerprint density at radius 1 is 1.48 bits per heavy atom. The predicted octanol–water partition coefficient (Wildman–Crippen LogP) is 3.18. The average molecular weight is 516 g/mol. The van der Waals surface area contributed by atoms with E-state index in [-0.39, 0.29) is 24.6 Å². The van der Waals surface area contributed by atoms with Crippen LogP contribution in [-0.2, 0) is 22.7 Å². The smallest absolute Gasteiger partial charge is 0.269 e. The first-order valence-corrected chi connectivity index (χ1v) is 9.12. The van der Waals surface area contributed by atoms with E-state index in [9.17, 15) is 14.9 Å². The van der Waals surface area contributed by atoms with E-state index < -0.39 is 5.56 Å². The molecule has 0 aliphatic heterocycles. The molecule has 130 valence electrons. The molecule has 1 aromatic carbocycles. The van der Waals surface area contributed by atoms with Gasteiger partial charge >= 0.3 is 0 Å². The van der Waals surface area contributed by atoms with Gasteiger partial charge in [-0.3, -0.25) is 9.59 Å². The van der Waals surface area contributed by atoms with Crippen LogP contribution in [0.25, 0.3) is 0 Å². The zero-order chi connectivity index (χ0) is 18.6. The highest BCUT2D eigenvalue weighted by Crippen LogP contribution is 2.23. The van der Waals surface area contributed by atoms with Crippen LogP contribution in [0.5, 0.6) is 0 Å². The van der Waals surface area contributed by atoms with Gasteiger partial charge in [0.2, 0.25) is 5.91 Å². The second-order valence-electron chi connectivity index (χ2n) is 5.25. The zero-order valence-corrected chi connectivity index (χ0v) is 17.3. The fourth-order valence-corrected chi connectivity index (χ4v) is 3.43. The van der Waals surface area contributed by atoms with Crippen molar-refractivity contribution in [1.29, 1.82) is 5.26 Å². The Bertz CT molecular complexity index is 919. The number of methoxy groups -OCH3 is 1. The van der Waals surface area contributed by atoms with Crippen molar-refractivity contribution in [3.63, 3.8) is 0 Å². The van der Waals surface area contributed by atoms with Crippen LogP contribution in [0.15, 0.2) is 33.5 Å². The summed E-state index contributed by atoms with van der Waals surface area (Å²) < 4.78 is 7.92. The summed E-state index contributed by atoms with van der Waals surface area (Å²) >= 11 is 5.55. The van der Waals surface area contributed by atoms with Gasteiger partial charge in [0.15, 0.2) is 0 Å². The number of aromatic nitrogens is 1. The van der Waals surface area contributed by atoms with Gasteiger partial charge in [0.05, 0.1) is 6.61 Å². The van der Waals surface area contributed by atoms with E-state index >= 15 is 0 Å². The lowest BCUT2D eigenvalue weighted by atomic mass is 10.1. The average Bonchev–Trinajstić information content (AvgIpc) is 2.57. The van der Waals surface area contributed by atoms with Crippen molar-refractivity contribution in [2.45, 2.75) is 20.1 Å². The Morgan fingerprint density at radius 2 is 2.20 bits per heavy atom. The van der Waals surface area contributed by atoms with Crippen LogP contribution >= 0.6 is 38.5 Å². The summed E-state index contributed by atoms with van der Waals surface area (Å²) in [4.78, 5) is 24.9. The largest absolute Gasteiger partial charge is 0.380 e. The van der Waals surface area contributed by atoms with Crippen molar-refractivity contribution in [2.24, 2.45) is 0 Å². The first-order valence-electron chi connectivity index (χ1n) is 7.25. The molecule has 8 heteroatoms. The molecular formula is C17H15BrIN3O3. The number of amides is 1. The minimum Gasteiger partial charge on any atom is -0.380 e. The maximum atomic E-state index is 12.6. The van der Waals surface area contributed by atoms with Crippen LogP contribution in [0, 0.1) is 21.8 Å². The number of nitrogens with one attached hydrogen (secondary N) is 1. The van der Waals surface area contributed by atoms with Gasteiger partial charge in [0.25, 0.3) is 5.56 Å². The third-order valence-corrected chi connectivity index (χ3v) is 5.28. The van der Waals surface area contributed by atoms with Gasteiger partial charge in [-0.1, -0.05) is 6.07 Å². The third kappa shape index (κ3) is 4.48. The number of hydrogen-bond acceptors (Lipinski definition) is 4. The molecule has 0 spiro atoms. The molecule has 0 fully saturated rings. The Labute approximate surface area is 167 Å². The molecule has 0 saturated carbocycles. The van der Waals surface area contributed by atoms with E-state index in [1.165, 1.54) is 11.7 Å². The zero-order valence-electron chi connectivity index (χ0n) is 13.6. The van der Waals surface area contributed by atoms with E-state index in [0.29, 0.717) is 21.4 Å². The highest BCUT2D eigenvalue weighted by Gasteiger charge is 2.19. The maximum Gasteiger partial charge on any atom is 0.269 e. The molecule has 2 aromatic rings. The van der Waals surface area contributed by atoms with Gasteiger partial charge in [-0.15, -0.1) is 0 Å². The summed E-state index contributed by atoms with van der Waals surface area (Å²) in [5.74, 6) is -0.345. The lowest BCUT2D eigenvalue weighted by Gasteiger charge is -2.16. The van der Waals surface area contributed by atoms with E-state index in [2.05, 4.69) is 43.8 Å². The standard InChI is InChI=1S/C17H15BrIN3O3/c1-10-16(18)14(9-25-2)13(7-20)17(24)22(10)8-15(23)21-12-5-3-4-11(19)6-12/h3-6H,8-9H2,1-2H3,(H,21,23). The van der Waals surface area contributed by atoms with Crippen LogP contribution in [-0.4, -0.2) is 17.6 Å². The minimum atomic E-state index is -0.506. The van der Waals surface area contributed by atoms with E-state index in [4.69, 9.17) is 4.74 Å². The molecule has 0 bridgehead atoms. The molecule has 1 N–H and O–H groups in total. The summed E-state index contributed by atoms with van der Waals surface area (Å²) in [6.07, 6.45) is 0. The van der Waals surface area contributed by atoms with Crippen molar-refractivity contribution in [3.8, 4) is 6.07 Å². The van der Waals surface area contributed by atoms with Gasteiger partial charge in [0, 0.05) is 32.1 Å². The quantitative estimate of drug-likeness (QED) is 0.620. The van der Waals surface area contributed by atoms with E-state index in [1.54, 1.807) is 13.0 Å². The Kier molecular flexibility index (Phi) is 6.75. The van der Waals surface area contributed by atoms with Crippen LogP contribution < -0.4 is 10.9 Å². The molecule has 25 heavy (non-hydrogen) atoms. The number of ether oxygens (including phenoxy) is 1. The fourth-order valence-electron chi connectivity index (χ4n) is 2.36. The molecule has 6 nitrogen and oxygen atoms in total. The van der Waals surface area contributed by atoms with Crippen molar-refractivity contribution in [3.05, 3.63) is 59.5 Å². The first kappa shape index (κ1) is 19.6. The van der Waals surface area contributed by atoms with Gasteiger partial charge < -0.3 is 14.6 Å². The number of rotatable bonds is 5. The lowest BCUT2D eigenvalue weighted by molar-refractivity contribution is -0.116. The highest BCUT2D eigenvalue weighted by molar-refractivity contribution is 14.1. The molecule has 1 amide bonds. The molecule has 0 aliphatic carbocycles. The van der Waals surface area contributed by atoms with E-state index in [1.807, 2.05) is 24.3 Å². The number of hydrogen-bond donors (Lipinski definition) is 1. The molecule has 2 rings (SSSR count). The summed E-state index contributed by atoms with van der Waals surface area (Å²) in [7, 11) is 1.49. The Morgan fingerprint density at radius 3 is 2.80 bits per heavy atom. The topological polar surface area (TPSA) is 84.1 Å². The summed E-state index contributed by atoms with van der Waals surface area (Å²) in [6.45, 7) is 1.66. The van der Waals surface area contributed by atoms with Crippen LogP contribution in [0.1, 0.15) is 16.8 Å². The number of halogens is 2. The number of carbonyl (C=O) groups is 1. The Hall–Kier alpha value is -1.70. The Balaban J connectivity index is 2.36. The van der Waals surface area contributed by atoms with Crippen molar-refractivity contribution >= 4 is 50.1 Å². The first-order chi connectivity index (χ1) is 11.9. The molecule has 0 unspecified atom stereocenters. The molecule has 0 atom stereocenters. The number of anilines is 1. The molecule has 0 aliphatic rings. The number of benzene rings is 1. The molecule has 1 aromatic heterocycles. The minimum absolute atomic E-state index is 0.0265. The summed E-state index contributed by atoms with van der Waals surface area (Å²) in [6, 6.07) is 9.25. The van der Waals surface area contributed by atoms with Crippen molar-refractivity contribution in [2.75, 3.05) is 12.4 Å². The van der Waals surface area contributed by atoms with Crippen molar-refractivity contribution in [1.82, 2.24) is 4.57 Å². The third-order valence-electron chi connectivity index (χ3n) is 3.56. The SMILES string of the molecule is COCc1c(Br)c(C)n(CC(=O)Nc2cccc(I)c2)c(=O)c1C#N. The molecule has 0 saturated heterocycles. The van der Waals surface area contributed by atoms with E-state index in [0.717, 1.165) is 3.57 Å². The number of pyridine rings is 1. The normalized spacial score (nSPS) is 10.4. The lowest BCUT2D eigenvalue weighted by Crippen LogP contribution is -2.32. The predicted molar refractivity (Wildman–Crippen MR) is 106 cm³/mol. The monoisotopic (exact) mass is 515 g/mol. The fraction of sp³-hybridized carbons (Fsp3) is 0.235.